The number of thiophene rings is 1. The molecule has 43 heavy (non-hydrogen) atoms. The molecule has 0 saturated heterocycles. The van der Waals surface area contributed by atoms with Gasteiger partial charge in [-0.3, -0.25) is 15.1 Å². The van der Waals surface area contributed by atoms with Gasteiger partial charge in [-0.05, 0) is 47.2 Å². The normalized spacial score (nSPS) is 8.09. The van der Waals surface area contributed by atoms with Gasteiger partial charge in [0.25, 0.3) is 0 Å². The molecule has 0 bridgehead atoms. The number of hydrogen-bond donors (Lipinski definition) is 3. The molecular weight excluding hydrogens is 583 g/mol. The van der Waals surface area contributed by atoms with E-state index in [-0.39, 0.29) is 0 Å². The Morgan fingerprint density at radius 1 is 0.558 bits per heavy atom. The van der Waals surface area contributed by atoms with Crippen LogP contribution in [-0.2, 0) is 0 Å². The van der Waals surface area contributed by atoms with Crippen molar-refractivity contribution in [2.45, 2.75) is 0 Å². The lowest BCUT2D eigenvalue weighted by molar-refractivity contribution is -0.605. The number of furan rings is 1. The van der Waals surface area contributed by atoms with E-state index in [1.165, 1.54) is 25.0 Å². The molecule has 8 rings (SSSR count). The van der Waals surface area contributed by atoms with Crippen LogP contribution in [0.1, 0.15) is 0 Å². The molecule has 0 spiro atoms. The molecular formula is C30H33N9O2S2. The first-order valence-corrected chi connectivity index (χ1v) is 14.3. The Bertz CT molecular complexity index is 1070. The first-order chi connectivity index (χ1) is 21.4. The molecule has 222 valence electrons. The average molecular weight is 616 g/mol. The van der Waals surface area contributed by atoms with Gasteiger partial charge in [0.1, 0.15) is 12.7 Å². The lowest BCUT2D eigenvalue weighted by atomic mass is 10.5. The van der Waals surface area contributed by atoms with Gasteiger partial charge in [0.15, 0.2) is 12.4 Å². The van der Waals surface area contributed by atoms with Gasteiger partial charge in [-0.2, -0.15) is 21.2 Å². The van der Waals surface area contributed by atoms with E-state index in [1.54, 1.807) is 96.2 Å². The maximum atomic E-state index is 10.2. The summed E-state index contributed by atoms with van der Waals surface area (Å²) in [6.07, 6.45) is 23.2. The fraction of sp³-hybridized carbons (Fsp3) is 0. The second-order valence-corrected chi connectivity index (χ2v) is 8.39. The van der Waals surface area contributed by atoms with Crippen LogP contribution in [0.3, 0.4) is 0 Å². The van der Waals surface area contributed by atoms with Crippen LogP contribution in [0.4, 0.5) is 0 Å². The van der Waals surface area contributed by atoms with E-state index in [9.17, 15) is 5.21 Å². The van der Waals surface area contributed by atoms with Crippen LogP contribution < -0.4 is 4.73 Å². The molecule has 0 fully saturated rings. The predicted molar refractivity (Wildman–Crippen MR) is 171 cm³/mol. The second-order valence-electron chi connectivity index (χ2n) is 6.82. The lowest BCUT2D eigenvalue weighted by Crippen LogP contribution is -2.22. The largest absolute Gasteiger partial charge is 0.619 e. The van der Waals surface area contributed by atoms with Crippen molar-refractivity contribution in [1.82, 2.24) is 40.1 Å². The summed E-state index contributed by atoms with van der Waals surface area (Å²) in [5, 5.41) is 22.2. The van der Waals surface area contributed by atoms with Crippen LogP contribution in [0.2, 0.25) is 0 Å². The molecule has 0 aromatic carbocycles. The van der Waals surface area contributed by atoms with Crippen molar-refractivity contribution in [3.05, 3.63) is 187 Å². The number of aromatic amines is 3. The van der Waals surface area contributed by atoms with E-state index in [2.05, 4.69) is 44.5 Å². The van der Waals surface area contributed by atoms with Crippen molar-refractivity contribution in [3.63, 3.8) is 0 Å². The summed E-state index contributed by atoms with van der Waals surface area (Å²) < 4.78 is 5.33. The molecule has 8 aromatic heterocycles. The van der Waals surface area contributed by atoms with E-state index in [0.29, 0.717) is 0 Å². The summed E-state index contributed by atoms with van der Waals surface area (Å²) in [5.74, 6) is 0. The van der Waals surface area contributed by atoms with Gasteiger partial charge in [0.05, 0.1) is 24.4 Å². The van der Waals surface area contributed by atoms with Crippen LogP contribution in [0.25, 0.3) is 0 Å². The zero-order chi connectivity index (χ0) is 30.6. The van der Waals surface area contributed by atoms with Gasteiger partial charge < -0.3 is 19.6 Å². The highest BCUT2D eigenvalue weighted by Gasteiger charge is 1.75. The molecule has 13 heteroatoms. The summed E-state index contributed by atoms with van der Waals surface area (Å²) in [4.78, 5) is 20.4. The van der Waals surface area contributed by atoms with Gasteiger partial charge in [0, 0.05) is 60.9 Å². The number of thiazole rings is 1. The summed E-state index contributed by atoms with van der Waals surface area (Å²) in [7, 11) is 0. The fourth-order valence-electron chi connectivity index (χ4n) is 1.98. The molecule has 0 radical (unpaired) electrons. The van der Waals surface area contributed by atoms with Gasteiger partial charge in [0.2, 0.25) is 0 Å². The number of pyridine rings is 2. The highest BCUT2D eigenvalue weighted by Crippen LogP contribution is 1.91. The van der Waals surface area contributed by atoms with Crippen LogP contribution >= 0.6 is 22.7 Å². The maximum absolute atomic E-state index is 10.2. The molecule has 0 saturated carbocycles. The summed E-state index contributed by atoms with van der Waals surface area (Å²) >= 11 is 3.31. The standard InChI is InChI=1S/C5H5NO.C5H5N.C4H5N.C4H4O.C4H4S.C3H4N2.C3H3NS.C2H3N3/c7-6-4-2-1-3-5-6;1-2-4-6-5-3-1;3*1-2-4-5-3-1;2*1-2-5-3-4-1;1-3-2-5-4-1/h1-5H;1-5H;1-5H;2*1-4H;1-3H,(H,4,5);1-3H;1-2H,(H,3,4,5). The zero-order valence-corrected chi connectivity index (χ0v) is 24.8. The quantitative estimate of drug-likeness (QED) is 0.125. The molecule has 0 aliphatic heterocycles. The third-order valence-electron chi connectivity index (χ3n) is 3.69. The SMILES string of the molecule is [O-][n+]1ccccc1.c1c[nH]cn1.c1cc[nH]c1.c1ccncc1.c1ccoc1.c1ccsc1.c1cscn1.c1nc[nH]n1. The second kappa shape index (κ2) is 30.9. The number of nitrogens with one attached hydrogen (secondary N) is 3. The number of nitrogens with zero attached hydrogens (tertiary/aromatic N) is 6. The van der Waals surface area contributed by atoms with E-state index < -0.39 is 0 Å². The van der Waals surface area contributed by atoms with Gasteiger partial charge in [-0.1, -0.05) is 24.3 Å². The molecule has 11 nitrogen and oxygen atoms in total. The maximum Gasteiger partial charge on any atom is 0.180 e. The molecule has 0 unspecified atom stereocenters. The number of rotatable bonds is 0. The molecule has 0 aliphatic carbocycles. The number of hydrogen-bond acceptors (Lipinski definition) is 9. The Hall–Kier alpha value is -5.66. The van der Waals surface area contributed by atoms with Crippen molar-refractivity contribution in [2.75, 3.05) is 0 Å². The number of aromatic nitrogens is 9. The molecule has 8 heterocycles. The molecule has 0 amide bonds. The van der Waals surface area contributed by atoms with Crippen molar-refractivity contribution < 1.29 is 9.15 Å². The molecule has 0 aliphatic rings. The average Bonchev–Trinajstić information content (AvgIpc) is 3.95. The summed E-state index contributed by atoms with van der Waals surface area (Å²) in [6, 6.07) is 22.5. The third kappa shape index (κ3) is 29.2. The highest BCUT2D eigenvalue weighted by molar-refractivity contribution is 7.07. The van der Waals surface area contributed by atoms with Crippen LogP contribution in [0.5, 0.6) is 0 Å². The highest BCUT2D eigenvalue weighted by atomic mass is 32.1. The first-order valence-electron chi connectivity index (χ1n) is 12.4. The first kappa shape index (κ1) is 35.4. The lowest BCUT2D eigenvalue weighted by Gasteiger charge is -1.88. The minimum absolute atomic E-state index is 0.750. The van der Waals surface area contributed by atoms with E-state index in [0.717, 1.165) is 4.73 Å². The van der Waals surface area contributed by atoms with Crippen LogP contribution in [-0.4, -0.2) is 40.1 Å². The Morgan fingerprint density at radius 2 is 1.28 bits per heavy atom. The third-order valence-corrected chi connectivity index (χ3v) is 4.84. The number of H-pyrrole nitrogens is 3. The van der Waals surface area contributed by atoms with Gasteiger partial charge in [-0.25, -0.2) is 9.97 Å². The van der Waals surface area contributed by atoms with Crippen molar-refractivity contribution in [2.24, 2.45) is 0 Å². The Balaban J connectivity index is 0.000000246. The van der Waals surface area contributed by atoms with Crippen molar-refractivity contribution in [1.29, 1.82) is 0 Å². The van der Waals surface area contributed by atoms with E-state index in [4.69, 9.17) is 0 Å². The molecule has 8 aromatic rings. The Labute approximate surface area is 258 Å². The number of imidazole rings is 1. The molecule has 0 atom stereocenters. The molecule has 3 N–H and O–H groups in total. The van der Waals surface area contributed by atoms with Gasteiger partial charge in [-0.15, -0.1) is 11.3 Å². The van der Waals surface area contributed by atoms with Crippen LogP contribution in [0, 0.1) is 5.21 Å². The van der Waals surface area contributed by atoms with Crippen molar-refractivity contribution >= 4 is 22.7 Å². The summed E-state index contributed by atoms with van der Waals surface area (Å²) in [6.45, 7) is 0. The fourth-order valence-corrected chi connectivity index (χ4v) is 2.79. The van der Waals surface area contributed by atoms with Crippen LogP contribution in [0.15, 0.2) is 186 Å². The van der Waals surface area contributed by atoms with Crippen molar-refractivity contribution in [3.8, 4) is 0 Å². The predicted octanol–water partition coefficient (Wildman–Crippen LogP) is 6.80. The van der Waals surface area contributed by atoms with E-state index in [1.807, 2.05) is 83.1 Å². The smallest absolute Gasteiger partial charge is 0.180 e. The van der Waals surface area contributed by atoms with E-state index >= 15 is 0 Å². The minimum atomic E-state index is 0.750. The summed E-state index contributed by atoms with van der Waals surface area (Å²) in [5.41, 5.74) is 1.79. The zero-order valence-electron chi connectivity index (χ0n) is 23.1. The Morgan fingerprint density at radius 3 is 1.49 bits per heavy atom. The monoisotopic (exact) mass is 615 g/mol. The minimum Gasteiger partial charge on any atom is -0.619 e. The van der Waals surface area contributed by atoms with Gasteiger partial charge >= 0.3 is 0 Å². The Kier molecular flexibility index (Phi) is 25.4. The topological polar surface area (TPSA) is 152 Å².